The van der Waals surface area contributed by atoms with Crippen LogP contribution >= 0.6 is 23.2 Å². The number of carbonyl (C=O) groups is 2. The van der Waals surface area contributed by atoms with Crippen molar-refractivity contribution in [3.05, 3.63) is 63.6 Å². The van der Waals surface area contributed by atoms with Crippen LogP contribution < -0.4 is 9.62 Å². The lowest BCUT2D eigenvalue weighted by atomic mass is 10.1. The van der Waals surface area contributed by atoms with Gasteiger partial charge in [0.15, 0.2) is 0 Å². The Morgan fingerprint density at radius 2 is 1.75 bits per heavy atom. The van der Waals surface area contributed by atoms with Gasteiger partial charge in [-0.15, -0.1) is 0 Å². The first kappa shape index (κ1) is 29.9. The number of nitrogens with zero attached hydrogens (tertiary/aromatic N) is 2. The fraction of sp³-hybridized carbons (Fsp3) is 0.462. The van der Waals surface area contributed by atoms with Gasteiger partial charge in [-0.3, -0.25) is 13.9 Å². The van der Waals surface area contributed by atoms with Crippen LogP contribution in [0, 0.1) is 6.92 Å². The zero-order chi connectivity index (χ0) is 26.9. The van der Waals surface area contributed by atoms with Crippen LogP contribution in [0.15, 0.2) is 42.5 Å². The van der Waals surface area contributed by atoms with Gasteiger partial charge in [0.2, 0.25) is 21.8 Å². The van der Waals surface area contributed by atoms with E-state index in [2.05, 4.69) is 5.32 Å². The minimum Gasteiger partial charge on any atom is -0.354 e. The van der Waals surface area contributed by atoms with Crippen molar-refractivity contribution in [3.63, 3.8) is 0 Å². The topological polar surface area (TPSA) is 86.8 Å². The average molecular weight is 557 g/mol. The molecule has 0 fully saturated rings. The molecule has 0 bridgehead atoms. The molecule has 2 aromatic rings. The lowest BCUT2D eigenvalue weighted by Crippen LogP contribution is -2.48. The van der Waals surface area contributed by atoms with Crippen molar-refractivity contribution in [2.75, 3.05) is 23.7 Å². The third-order valence-electron chi connectivity index (χ3n) is 5.87. The molecule has 0 heterocycles. The monoisotopic (exact) mass is 555 g/mol. The number of hydrogen-bond acceptors (Lipinski definition) is 4. The maximum Gasteiger partial charge on any atom is 0.242 e. The number of benzene rings is 2. The van der Waals surface area contributed by atoms with Crippen molar-refractivity contribution in [2.24, 2.45) is 0 Å². The molecule has 0 aliphatic heterocycles. The highest BCUT2D eigenvalue weighted by molar-refractivity contribution is 7.92. The Balaban J connectivity index is 2.18. The second-order valence-electron chi connectivity index (χ2n) is 8.82. The van der Waals surface area contributed by atoms with Crippen molar-refractivity contribution in [3.8, 4) is 0 Å². The highest BCUT2D eigenvalue weighted by Crippen LogP contribution is 2.25. The lowest BCUT2D eigenvalue weighted by molar-refractivity contribution is -0.140. The molecule has 2 aromatic carbocycles. The van der Waals surface area contributed by atoms with E-state index in [4.69, 9.17) is 23.2 Å². The van der Waals surface area contributed by atoms with Crippen LogP contribution in [0.1, 0.15) is 50.7 Å². The summed E-state index contributed by atoms with van der Waals surface area (Å²) in [6.45, 7) is 6.42. The Morgan fingerprint density at radius 1 is 1.06 bits per heavy atom. The van der Waals surface area contributed by atoms with Crippen LogP contribution in [-0.2, 0) is 26.2 Å². The second kappa shape index (κ2) is 13.9. The number of anilines is 1. The molecule has 198 valence electrons. The Bertz CT molecular complexity index is 1160. The summed E-state index contributed by atoms with van der Waals surface area (Å²) in [4.78, 5) is 27.6. The van der Waals surface area contributed by atoms with E-state index in [0.717, 1.165) is 30.2 Å². The van der Waals surface area contributed by atoms with Crippen molar-refractivity contribution in [2.45, 2.75) is 59.0 Å². The van der Waals surface area contributed by atoms with Crippen LogP contribution in [0.5, 0.6) is 0 Å². The molecule has 0 saturated carbocycles. The molecule has 0 unspecified atom stereocenters. The van der Waals surface area contributed by atoms with E-state index in [9.17, 15) is 18.0 Å². The predicted molar refractivity (Wildman–Crippen MR) is 147 cm³/mol. The van der Waals surface area contributed by atoms with E-state index in [1.165, 1.54) is 9.21 Å². The molecule has 0 radical (unpaired) electrons. The lowest BCUT2D eigenvalue weighted by Gasteiger charge is -2.29. The normalized spacial score (nSPS) is 12.2. The van der Waals surface area contributed by atoms with E-state index in [-0.39, 0.29) is 31.3 Å². The van der Waals surface area contributed by atoms with Gasteiger partial charge >= 0.3 is 0 Å². The van der Waals surface area contributed by atoms with E-state index in [1.807, 2.05) is 26.0 Å². The van der Waals surface area contributed by atoms with Gasteiger partial charge in [0.25, 0.3) is 0 Å². The van der Waals surface area contributed by atoms with Crippen molar-refractivity contribution in [1.82, 2.24) is 10.2 Å². The highest BCUT2D eigenvalue weighted by atomic mass is 35.5. The molecule has 2 amide bonds. The molecule has 0 aromatic heterocycles. The van der Waals surface area contributed by atoms with Gasteiger partial charge in [0.1, 0.15) is 6.04 Å². The molecule has 7 nitrogen and oxygen atoms in total. The highest BCUT2D eigenvalue weighted by Gasteiger charge is 2.27. The van der Waals surface area contributed by atoms with Gasteiger partial charge in [-0.1, -0.05) is 60.8 Å². The molecule has 2 rings (SSSR count). The summed E-state index contributed by atoms with van der Waals surface area (Å²) in [5, 5.41) is 3.65. The summed E-state index contributed by atoms with van der Waals surface area (Å²) in [6.07, 6.45) is 3.31. The fourth-order valence-electron chi connectivity index (χ4n) is 3.78. The first-order valence-electron chi connectivity index (χ1n) is 12.0. The summed E-state index contributed by atoms with van der Waals surface area (Å²) in [6, 6.07) is 11.6. The number of rotatable bonds is 13. The molecule has 10 heteroatoms. The first-order chi connectivity index (χ1) is 17.0. The molecular weight excluding hydrogens is 521 g/mol. The Morgan fingerprint density at radius 3 is 2.36 bits per heavy atom. The molecule has 0 aliphatic rings. The maximum absolute atomic E-state index is 13.3. The number of nitrogens with one attached hydrogen (secondary N) is 1. The minimum absolute atomic E-state index is 0.0752. The number of unbranched alkanes of at least 4 members (excludes halogenated alkanes) is 1. The van der Waals surface area contributed by atoms with Crippen LogP contribution in [0.3, 0.4) is 0 Å². The number of aryl methyl sites for hydroxylation is 1. The van der Waals surface area contributed by atoms with Crippen molar-refractivity contribution < 1.29 is 18.0 Å². The quantitative estimate of drug-likeness (QED) is 0.345. The van der Waals surface area contributed by atoms with E-state index in [0.29, 0.717) is 28.7 Å². The van der Waals surface area contributed by atoms with Gasteiger partial charge in [-0.25, -0.2) is 8.42 Å². The number of halogens is 2. The van der Waals surface area contributed by atoms with Crippen LogP contribution in [0.2, 0.25) is 10.0 Å². The Labute approximate surface area is 224 Å². The van der Waals surface area contributed by atoms with Gasteiger partial charge in [0.05, 0.1) is 22.0 Å². The molecule has 1 N–H and O–H groups in total. The largest absolute Gasteiger partial charge is 0.354 e. The third kappa shape index (κ3) is 8.68. The number of hydrogen-bond donors (Lipinski definition) is 1. The zero-order valence-electron chi connectivity index (χ0n) is 21.3. The van der Waals surface area contributed by atoms with Crippen LogP contribution in [0.25, 0.3) is 0 Å². The average Bonchev–Trinajstić information content (AvgIpc) is 2.82. The summed E-state index contributed by atoms with van der Waals surface area (Å²) in [5.74, 6) is -0.494. The standard InChI is InChI=1S/C26H35Cl2N3O4S/c1-5-6-15-29-26(33)20(3)30(18-21-13-14-22(27)23(28)17-21)25(32)12-9-16-31(36(4,34)35)24-11-8-7-10-19(24)2/h7-8,10-11,13-14,17,20H,5-6,9,12,15-16,18H2,1-4H3,(H,29,33)/t20-/m1/s1. The Hall–Kier alpha value is -2.29. The van der Waals surface area contributed by atoms with Crippen molar-refractivity contribution in [1.29, 1.82) is 0 Å². The summed E-state index contributed by atoms with van der Waals surface area (Å²) < 4.78 is 26.3. The van der Waals surface area contributed by atoms with E-state index in [1.54, 1.807) is 37.3 Å². The first-order valence-corrected chi connectivity index (χ1v) is 14.6. The number of amides is 2. The smallest absolute Gasteiger partial charge is 0.242 e. The maximum atomic E-state index is 13.3. The molecule has 0 saturated heterocycles. The fourth-order valence-corrected chi connectivity index (χ4v) is 5.12. The molecule has 0 aliphatic carbocycles. The van der Waals surface area contributed by atoms with E-state index >= 15 is 0 Å². The van der Waals surface area contributed by atoms with Crippen LogP contribution in [0.4, 0.5) is 5.69 Å². The second-order valence-corrected chi connectivity index (χ2v) is 11.5. The molecule has 1 atom stereocenters. The number of carbonyl (C=O) groups excluding carboxylic acids is 2. The van der Waals surface area contributed by atoms with E-state index < -0.39 is 16.1 Å². The summed E-state index contributed by atoms with van der Waals surface area (Å²) >= 11 is 12.2. The van der Waals surface area contributed by atoms with Gasteiger partial charge in [0, 0.05) is 26.1 Å². The third-order valence-corrected chi connectivity index (χ3v) is 7.79. The predicted octanol–water partition coefficient (Wildman–Crippen LogP) is 5.18. The summed E-state index contributed by atoms with van der Waals surface area (Å²) in [7, 11) is -3.54. The minimum atomic E-state index is -3.54. The van der Waals surface area contributed by atoms with Gasteiger partial charge in [-0.2, -0.15) is 0 Å². The number of sulfonamides is 1. The zero-order valence-corrected chi connectivity index (χ0v) is 23.6. The van der Waals surface area contributed by atoms with Gasteiger partial charge < -0.3 is 10.2 Å². The molecular formula is C26H35Cl2N3O4S. The molecule has 36 heavy (non-hydrogen) atoms. The summed E-state index contributed by atoms with van der Waals surface area (Å²) in [5.41, 5.74) is 2.15. The van der Waals surface area contributed by atoms with Crippen LogP contribution in [-0.4, -0.2) is 50.5 Å². The Kier molecular flexibility index (Phi) is 11.5. The number of para-hydroxylation sites is 1. The van der Waals surface area contributed by atoms with Crippen molar-refractivity contribution >= 4 is 50.7 Å². The molecule has 0 spiro atoms. The SMILES string of the molecule is CCCCNC(=O)[C@@H](C)N(Cc1ccc(Cl)c(Cl)c1)C(=O)CCCN(c1ccccc1C)S(C)(=O)=O. The van der Waals surface area contributed by atoms with Gasteiger partial charge in [-0.05, 0) is 56.0 Å².